The summed E-state index contributed by atoms with van der Waals surface area (Å²) in [6.07, 6.45) is 6.01. The van der Waals surface area contributed by atoms with Crippen molar-refractivity contribution in [2.75, 3.05) is 0 Å². The van der Waals surface area contributed by atoms with Gasteiger partial charge in [-0.2, -0.15) is 0 Å². The molecule has 4 aromatic rings. The second-order valence-electron chi connectivity index (χ2n) is 8.31. The number of aryl methyl sites for hydroxylation is 3. The fourth-order valence-corrected chi connectivity index (χ4v) is 3.95. The molecule has 3 nitrogen and oxygen atoms in total. The molecule has 0 unspecified atom stereocenters. The van der Waals surface area contributed by atoms with Crippen molar-refractivity contribution in [1.29, 1.82) is 0 Å². The molecule has 0 N–H and O–H groups in total. The van der Waals surface area contributed by atoms with Crippen LogP contribution in [0.25, 0.3) is 33.3 Å². The summed E-state index contributed by atoms with van der Waals surface area (Å²) < 4.78 is 2.22. The van der Waals surface area contributed by atoms with E-state index in [0.29, 0.717) is 5.92 Å². The SMILES string of the molecule is Cc1cc(C)c(C)c(-c2cc3c(-c4cnc(C(C)C)cn4)cccc3c[n+]2C)c1. The van der Waals surface area contributed by atoms with Crippen molar-refractivity contribution in [1.82, 2.24) is 9.97 Å². The van der Waals surface area contributed by atoms with Gasteiger partial charge in [0.25, 0.3) is 0 Å². The van der Waals surface area contributed by atoms with Gasteiger partial charge in [0, 0.05) is 34.2 Å². The van der Waals surface area contributed by atoms with Crippen LogP contribution in [0.4, 0.5) is 0 Å². The Labute approximate surface area is 173 Å². The third-order valence-corrected chi connectivity index (χ3v) is 5.76. The topological polar surface area (TPSA) is 29.7 Å². The lowest BCUT2D eigenvalue weighted by Crippen LogP contribution is -2.30. The Morgan fingerprint density at radius 1 is 0.897 bits per heavy atom. The molecule has 0 aliphatic heterocycles. The lowest BCUT2D eigenvalue weighted by molar-refractivity contribution is -0.659. The van der Waals surface area contributed by atoms with E-state index in [2.05, 4.69) is 93.8 Å². The van der Waals surface area contributed by atoms with Crippen LogP contribution in [0.1, 0.15) is 42.1 Å². The maximum absolute atomic E-state index is 4.72. The Morgan fingerprint density at radius 3 is 2.38 bits per heavy atom. The Balaban J connectivity index is 1.94. The average Bonchev–Trinajstić information content (AvgIpc) is 2.70. The molecule has 0 amide bonds. The van der Waals surface area contributed by atoms with Gasteiger partial charge in [0.1, 0.15) is 7.05 Å². The van der Waals surface area contributed by atoms with E-state index in [1.54, 1.807) is 0 Å². The van der Waals surface area contributed by atoms with Crippen LogP contribution in [0.5, 0.6) is 0 Å². The summed E-state index contributed by atoms with van der Waals surface area (Å²) in [5, 5.41) is 2.40. The summed E-state index contributed by atoms with van der Waals surface area (Å²) >= 11 is 0. The molecule has 0 atom stereocenters. The highest BCUT2D eigenvalue weighted by Crippen LogP contribution is 2.31. The minimum atomic E-state index is 0.377. The Morgan fingerprint density at radius 2 is 1.69 bits per heavy atom. The number of aromatic nitrogens is 3. The summed E-state index contributed by atoms with van der Waals surface area (Å²) in [5.74, 6) is 0.377. The van der Waals surface area contributed by atoms with Crippen LogP contribution >= 0.6 is 0 Å². The van der Waals surface area contributed by atoms with Crippen LogP contribution in [0.15, 0.2) is 55.0 Å². The van der Waals surface area contributed by atoms with Crippen molar-refractivity contribution >= 4 is 10.8 Å². The van der Waals surface area contributed by atoms with E-state index < -0.39 is 0 Å². The van der Waals surface area contributed by atoms with Gasteiger partial charge in [-0.05, 0) is 49.9 Å². The first-order valence-electron chi connectivity index (χ1n) is 10.2. The minimum absolute atomic E-state index is 0.377. The first-order valence-corrected chi connectivity index (χ1v) is 10.2. The monoisotopic (exact) mass is 382 g/mol. The highest BCUT2D eigenvalue weighted by atomic mass is 14.9. The Bertz CT molecular complexity index is 1210. The van der Waals surface area contributed by atoms with Gasteiger partial charge < -0.3 is 0 Å². The predicted octanol–water partition coefficient (Wildman–Crippen LogP) is 5.84. The van der Waals surface area contributed by atoms with Crippen molar-refractivity contribution in [3.8, 4) is 22.5 Å². The molecule has 4 rings (SSSR count). The first-order chi connectivity index (χ1) is 13.8. The second kappa shape index (κ2) is 7.40. The van der Waals surface area contributed by atoms with E-state index in [9.17, 15) is 0 Å². The van der Waals surface area contributed by atoms with E-state index >= 15 is 0 Å². The minimum Gasteiger partial charge on any atom is -0.257 e. The van der Waals surface area contributed by atoms with Gasteiger partial charge in [-0.3, -0.25) is 9.97 Å². The first kappa shape index (κ1) is 19.3. The van der Waals surface area contributed by atoms with Crippen molar-refractivity contribution in [3.05, 3.63) is 77.4 Å². The molecule has 3 heteroatoms. The third-order valence-electron chi connectivity index (χ3n) is 5.76. The van der Waals surface area contributed by atoms with E-state index in [4.69, 9.17) is 4.98 Å². The summed E-state index contributed by atoms with van der Waals surface area (Å²) in [7, 11) is 2.12. The Hall–Kier alpha value is -3.07. The van der Waals surface area contributed by atoms with Gasteiger partial charge in [0.15, 0.2) is 6.20 Å². The van der Waals surface area contributed by atoms with Crippen LogP contribution in [0.3, 0.4) is 0 Å². The maximum atomic E-state index is 4.72. The van der Waals surface area contributed by atoms with Gasteiger partial charge in [0.2, 0.25) is 5.69 Å². The highest BCUT2D eigenvalue weighted by molar-refractivity contribution is 5.96. The molecule has 0 aliphatic rings. The summed E-state index contributed by atoms with van der Waals surface area (Å²) in [6.45, 7) is 10.8. The number of benzene rings is 2. The summed E-state index contributed by atoms with van der Waals surface area (Å²) in [5.41, 5.74) is 9.47. The maximum Gasteiger partial charge on any atom is 0.213 e. The molecular weight excluding hydrogens is 354 g/mol. The number of pyridine rings is 1. The van der Waals surface area contributed by atoms with E-state index in [1.165, 1.54) is 38.7 Å². The number of nitrogens with zero attached hydrogens (tertiary/aromatic N) is 3. The second-order valence-corrected chi connectivity index (χ2v) is 8.31. The normalized spacial score (nSPS) is 11.4. The van der Waals surface area contributed by atoms with Crippen molar-refractivity contribution in [2.24, 2.45) is 7.05 Å². The molecule has 0 aliphatic carbocycles. The highest BCUT2D eigenvalue weighted by Gasteiger charge is 2.18. The molecule has 2 aromatic carbocycles. The molecule has 0 saturated heterocycles. The molecule has 29 heavy (non-hydrogen) atoms. The molecule has 0 radical (unpaired) electrons. The van der Waals surface area contributed by atoms with Gasteiger partial charge in [-0.25, -0.2) is 4.57 Å². The molecular formula is C26H28N3+. The van der Waals surface area contributed by atoms with Crippen LogP contribution < -0.4 is 4.57 Å². The fraction of sp³-hybridized carbons (Fsp3) is 0.269. The zero-order valence-corrected chi connectivity index (χ0v) is 18.1. The third kappa shape index (κ3) is 3.53. The lowest BCUT2D eigenvalue weighted by Gasteiger charge is -2.12. The number of hydrogen-bond acceptors (Lipinski definition) is 2. The van der Waals surface area contributed by atoms with Crippen LogP contribution in [0.2, 0.25) is 0 Å². The molecule has 0 fully saturated rings. The van der Waals surface area contributed by atoms with Gasteiger partial charge in [-0.15, -0.1) is 0 Å². The van der Waals surface area contributed by atoms with E-state index in [1.807, 2.05) is 12.4 Å². The molecule has 0 spiro atoms. The quantitative estimate of drug-likeness (QED) is 0.417. The number of hydrogen-bond donors (Lipinski definition) is 0. The average molecular weight is 383 g/mol. The zero-order chi connectivity index (χ0) is 20.7. The molecule has 0 saturated carbocycles. The van der Waals surface area contributed by atoms with Crippen molar-refractivity contribution in [3.63, 3.8) is 0 Å². The van der Waals surface area contributed by atoms with E-state index in [-0.39, 0.29) is 0 Å². The number of fused-ring (bicyclic) bond motifs is 1. The van der Waals surface area contributed by atoms with Gasteiger partial charge >= 0.3 is 0 Å². The van der Waals surface area contributed by atoms with Crippen molar-refractivity contribution < 1.29 is 4.57 Å². The van der Waals surface area contributed by atoms with Gasteiger partial charge in [0.05, 0.1) is 17.6 Å². The number of rotatable bonds is 3. The largest absolute Gasteiger partial charge is 0.257 e. The van der Waals surface area contributed by atoms with Gasteiger partial charge in [-0.1, -0.05) is 37.6 Å². The van der Waals surface area contributed by atoms with Crippen molar-refractivity contribution in [2.45, 2.75) is 40.5 Å². The molecule has 2 heterocycles. The van der Waals surface area contributed by atoms with Crippen LogP contribution in [-0.2, 0) is 7.05 Å². The standard InChI is InChI=1S/C26H28N3/c1-16(2)24-13-28-25(14-27-24)21-9-7-8-20-15-29(6)26(12-23(20)21)22-11-17(3)10-18(4)19(22)5/h7-16H,1-6H3/q+1. The van der Waals surface area contributed by atoms with Crippen LogP contribution in [-0.4, -0.2) is 9.97 Å². The van der Waals surface area contributed by atoms with E-state index in [0.717, 1.165) is 17.0 Å². The molecule has 0 bridgehead atoms. The zero-order valence-electron chi connectivity index (χ0n) is 18.1. The molecule has 2 aromatic heterocycles. The summed E-state index contributed by atoms with van der Waals surface area (Å²) in [4.78, 5) is 9.35. The lowest BCUT2D eigenvalue weighted by atomic mass is 9.95. The Kier molecular flexibility index (Phi) is 4.91. The smallest absolute Gasteiger partial charge is 0.213 e. The summed E-state index contributed by atoms with van der Waals surface area (Å²) in [6, 6.07) is 13.2. The molecule has 146 valence electrons. The van der Waals surface area contributed by atoms with Crippen LogP contribution in [0, 0.1) is 20.8 Å². The fourth-order valence-electron chi connectivity index (χ4n) is 3.95. The predicted molar refractivity (Wildman–Crippen MR) is 120 cm³/mol.